The smallest absolute Gasteiger partial charge is 0.360 e. The van der Waals surface area contributed by atoms with Gasteiger partial charge in [-0.05, 0) is 30.3 Å². The second-order valence-electron chi connectivity index (χ2n) is 6.20. The molecule has 2 nitrogen and oxygen atoms in total. The fourth-order valence-corrected chi connectivity index (χ4v) is 3.07. The lowest BCUT2D eigenvalue weighted by Gasteiger charge is -2.34. The molecule has 1 N–H and O–H groups in total. The third kappa shape index (κ3) is 4.28. The van der Waals surface area contributed by atoms with Gasteiger partial charge in [0.15, 0.2) is 0 Å². The first-order chi connectivity index (χ1) is 11.8. The molecule has 1 fully saturated rings. The van der Waals surface area contributed by atoms with Gasteiger partial charge >= 0.3 is 6.18 Å². The maximum atomic E-state index is 13.7. The van der Waals surface area contributed by atoms with E-state index in [4.69, 9.17) is 0 Å². The van der Waals surface area contributed by atoms with Gasteiger partial charge in [0.05, 0.1) is 31.7 Å². The lowest BCUT2D eigenvalue weighted by atomic mass is 10.1. The largest absolute Gasteiger partial charge is 0.416 e. The van der Waals surface area contributed by atoms with Gasteiger partial charge < -0.3 is 9.80 Å². The predicted molar refractivity (Wildman–Crippen MR) is 84.4 cm³/mol. The zero-order valence-electron chi connectivity index (χ0n) is 13.4. The number of benzene rings is 2. The molecular formula is C18H18F5N2+. The SMILES string of the molecule is Fc1ccc(C[NH+]2CCN(c3cccc(C(F)(F)F)c3)CC2)c(F)c1. The molecule has 1 saturated heterocycles. The normalized spacial score (nSPS) is 16.3. The summed E-state index contributed by atoms with van der Waals surface area (Å²) in [4.78, 5) is 3.02. The van der Waals surface area contributed by atoms with E-state index in [0.29, 0.717) is 44.0 Å². The first-order valence-electron chi connectivity index (χ1n) is 8.02. The van der Waals surface area contributed by atoms with Crippen molar-refractivity contribution in [2.45, 2.75) is 12.7 Å². The molecule has 0 spiro atoms. The van der Waals surface area contributed by atoms with Crippen LogP contribution < -0.4 is 9.80 Å². The highest BCUT2D eigenvalue weighted by atomic mass is 19.4. The molecule has 0 bridgehead atoms. The quantitative estimate of drug-likeness (QED) is 0.830. The van der Waals surface area contributed by atoms with Crippen molar-refractivity contribution < 1.29 is 26.9 Å². The van der Waals surface area contributed by atoms with E-state index in [1.165, 1.54) is 18.2 Å². The van der Waals surface area contributed by atoms with Crippen molar-refractivity contribution in [2.75, 3.05) is 31.1 Å². The van der Waals surface area contributed by atoms with E-state index in [-0.39, 0.29) is 0 Å². The van der Waals surface area contributed by atoms with Crippen LogP contribution in [0.25, 0.3) is 0 Å². The molecule has 3 rings (SSSR count). The summed E-state index contributed by atoms with van der Waals surface area (Å²) in [5.74, 6) is -1.17. The number of alkyl halides is 3. The third-order valence-electron chi connectivity index (χ3n) is 4.46. The Balaban J connectivity index is 1.62. The summed E-state index contributed by atoms with van der Waals surface area (Å²) in [7, 11) is 0. The monoisotopic (exact) mass is 357 g/mol. The Hall–Kier alpha value is -2.15. The number of hydrogen-bond acceptors (Lipinski definition) is 1. The molecule has 0 atom stereocenters. The molecule has 1 aliphatic heterocycles. The number of quaternary nitrogens is 1. The van der Waals surface area contributed by atoms with Crippen LogP contribution >= 0.6 is 0 Å². The zero-order chi connectivity index (χ0) is 18.0. The van der Waals surface area contributed by atoms with Crippen LogP contribution in [0.1, 0.15) is 11.1 Å². The number of rotatable bonds is 3. The molecule has 25 heavy (non-hydrogen) atoms. The Kier molecular flexibility index (Phi) is 4.94. The van der Waals surface area contributed by atoms with Crippen molar-refractivity contribution in [2.24, 2.45) is 0 Å². The summed E-state index contributed by atoms with van der Waals surface area (Å²) in [5, 5.41) is 0. The van der Waals surface area contributed by atoms with Crippen molar-refractivity contribution in [1.29, 1.82) is 0 Å². The van der Waals surface area contributed by atoms with Crippen LogP contribution in [0.3, 0.4) is 0 Å². The molecule has 1 aliphatic rings. The van der Waals surface area contributed by atoms with Gasteiger partial charge in [-0.2, -0.15) is 13.2 Å². The van der Waals surface area contributed by atoms with E-state index >= 15 is 0 Å². The molecule has 0 unspecified atom stereocenters. The number of hydrogen-bond donors (Lipinski definition) is 1. The Morgan fingerprint density at radius 2 is 1.68 bits per heavy atom. The summed E-state index contributed by atoms with van der Waals surface area (Å²) in [6.45, 7) is 2.95. The van der Waals surface area contributed by atoms with Crippen molar-refractivity contribution in [3.8, 4) is 0 Å². The molecule has 0 saturated carbocycles. The number of piperazine rings is 1. The van der Waals surface area contributed by atoms with Gasteiger partial charge in [-0.1, -0.05) is 6.07 Å². The molecule has 2 aromatic carbocycles. The summed E-state index contributed by atoms with van der Waals surface area (Å²) in [5.41, 5.74) is 0.332. The van der Waals surface area contributed by atoms with Gasteiger partial charge in [0.2, 0.25) is 0 Å². The maximum absolute atomic E-state index is 13.7. The van der Waals surface area contributed by atoms with Gasteiger partial charge in [-0.15, -0.1) is 0 Å². The number of halogens is 5. The minimum Gasteiger partial charge on any atom is -0.360 e. The van der Waals surface area contributed by atoms with Gasteiger partial charge in [0.25, 0.3) is 0 Å². The number of nitrogens with one attached hydrogen (secondary N) is 1. The van der Waals surface area contributed by atoms with Gasteiger partial charge in [0.1, 0.15) is 18.2 Å². The Morgan fingerprint density at radius 3 is 2.32 bits per heavy atom. The van der Waals surface area contributed by atoms with Crippen molar-refractivity contribution in [3.63, 3.8) is 0 Å². The molecule has 0 aliphatic carbocycles. The summed E-state index contributed by atoms with van der Waals surface area (Å²) >= 11 is 0. The highest BCUT2D eigenvalue weighted by Crippen LogP contribution is 2.31. The van der Waals surface area contributed by atoms with Crippen molar-refractivity contribution in [3.05, 3.63) is 65.2 Å². The Labute approximate surface area is 142 Å². The lowest BCUT2D eigenvalue weighted by Crippen LogP contribution is -3.13. The van der Waals surface area contributed by atoms with Crippen LogP contribution in [-0.4, -0.2) is 26.2 Å². The first kappa shape index (κ1) is 17.7. The Morgan fingerprint density at radius 1 is 0.960 bits per heavy atom. The average Bonchev–Trinajstić information content (AvgIpc) is 2.57. The Bertz CT molecular complexity index is 736. The van der Waals surface area contributed by atoms with Crippen LogP contribution in [-0.2, 0) is 12.7 Å². The number of nitrogens with zero attached hydrogens (tertiary/aromatic N) is 1. The topological polar surface area (TPSA) is 7.68 Å². The van der Waals surface area contributed by atoms with E-state index < -0.39 is 23.4 Å². The summed E-state index contributed by atoms with van der Waals surface area (Å²) in [6.07, 6.45) is -4.36. The molecule has 1 heterocycles. The highest BCUT2D eigenvalue weighted by Gasteiger charge is 2.31. The fourth-order valence-electron chi connectivity index (χ4n) is 3.07. The molecule has 0 aromatic heterocycles. The summed E-state index contributed by atoms with van der Waals surface area (Å²) < 4.78 is 65.1. The van der Waals surface area contributed by atoms with Crippen LogP contribution in [0, 0.1) is 11.6 Å². The third-order valence-corrected chi connectivity index (χ3v) is 4.46. The molecule has 0 radical (unpaired) electrons. The van der Waals surface area contributed by atoms with E-state index in [0.717, 1.165) is 23.1 Å². The van der Waals surface area contributed by atoms with E-state index in [1.807, 2.05) is 4.90 Å². The van der Waals surface area contributed by atoms with E-state index in [1.54, 1.807) is 6.07 Å². The standard InChI is InChI=1S/C18H17F5N2/c19-15-5-4-13(17(20)11-15)12-24-6-8-25(9-7-24)16-3-1-2-14(10-16)18(21,22)23/h1-5,10-11H,6-9,12H2/p+1. The van der Waals surface area contributed by atoms with Gasteiger partial charge in [-0.3, -0.25) is 0 Å². The first-order valence-corrected chi connectivity index (χ1v) is 8.02. The maximum Gasteiger partial charge on any atom is 0.416 e. The van der Waals surface area contributed by atoms with E-state index in [9.17, 15) is 22.0 Å². The zero-order valence-corrected chi connectivity index (χ0v) is 13.4. The minimum atomic E-state index is -4.36. The molecule has 2 aromatic rings. The van der Waals surface area contributed by atoms with Crippen LogP contribution in [0.4, 0.5) is 27.6 Å². The number of anilines is 1. The molecular weight excluding hydrogens is 339 g/mol. The lowest BCUT2D eigenvalue weighted by molar-refractivity contribution is -0.914. The van der Waals surface area contributed by atoms with E-state index in [2.05, 4.69) is 0 Å². The minimum absolute atomic E-state index is 0.433. The molecule has 7 heteroatoms. The van der Waals surface area contributed by atoms with Crippen LogP contribution in [0.5, 0.6) is 0 Å². The second-order valence-corrected chi connectivity index (χ2v) is 6.20. The van der Waals surface area contributed by atoms with Crippen LogP contribution in [0.2, 0.25) is 0 Å². The predicted octanol–water partition coefficient (Wildman–Crippen LogP) is 2.89. The van der Waals surface area contributed by atoms with Crippen LogP contribution in [0.15, 0.2) is 42.5 Å². The molecule has 134 valence electrons. The second kappa shape index (κ2) is 7.00. The van der Waals surface area contributed by atoms with Crippen molar-refractivity contribution in [1.82, 2.24) is 0 Å². The summed E-state index contributed by atoms with van der Waals surface area (Å²) in [6, 6.07) is 8.83. The highest BCUT2D eigenvalue weighted by molar-refractivity contribution is 5.49. The van der Waals surface area contributed by atoms with Gasteiger partial charge in [0, 0.05) is 17.3 Å². The van der Waals surface area contributed by atoms with Crippen molar-refractivity contribution >= 4 is 5.69 Å². The average molecular weight is 357 g/mol. The molecule has 0 amide bonds. The fraction of sp³-hybridized carbons (Fsp3) is 0.333. The van der Waals surface area contributed by atoms with Gasteiger partial charge in [-0.25, -0.2) is 8.78 Å².